The van der Waals surface area contributed by atoms with Gasteiger partial charge in [0.05, 0.1) is 0 Å². The molecule has 1 aromatic rings. The lowest BCUT2D eigenvalue weighted by Crippen LogP contribution is -2.30. The fraction of sp³-hybridized carbons (Fsp3) is 0.667. The Morgan fingerprint density at radius 2 is 2.05 bits per heavy atom. The van der Waals surface area contributed by atoms with Crippen molar-refractivity contribution in [2.45, 2.75) is 26.8 Å². The van der Waals surface area contributed by atoms with Gasteiger partial charge in [-0.1, -0.05) is 13.8 Å². The number of aromatic nitrogens is 1. The Balaban J connectivity index is 0. The maximum Gasteiger partial charge on any atom is 0.270 e. The van der Waals surface area contributed by atoms with E-state index in [4.69, 9.17) is 5.73 Å². The summed E-state index contributed by atoms with van der Waals surface area (Å²) in [6.07, 6.45) is 0.960. The van der Waals surface area contributed by atoms with Gasteiger partial charge in [-0.2, -0.15) is 0 Å². The molecule has 5 nitrogen and oxygen atoms in total. The summed E-state index contributed by atoms with van der Waals surface area (Å²) in [6, 6.07) is 0. The summed E-state index contributed by atoms with van der Waals surface area (Å²) in [7, 11) is 0. The molecule has 3 N–H and O–H groups in total. The van der Waals surface area contributed by atoms with Gasteiger partial charge >= 0.3 is 0 Å². The van der Waals surface area contributed by atoms with Crippen LogP contribution in [-0.2, 0) is 6.54 Å². The van der Waals surface area contributed by atoms with Crippen LogP contribution >= 0.6 is 36.2 Å². The van der Waals surface area contributed by atoms with Crippen LogP contribution in [0.2, 0.25) is 0 Å². The second kappa shape index (κ2) is 12.3. The summed E-state index contributed by atoms with van der Waals surface area (Å²) in [5, 5.41) is 5.42. The zero-order valence-electron chi connectivity index (χ0n) is 11.9. The second-order valence-electron chi connectivity index (χ2n) is 3.97. The maximum absolute atomic E-state index is 11.7. The summed E-state index contributed by atoms with van der Waals surface area (Å²) in [5.41, 5.74) is 5.93. The van der Waals surface area contributed by atoms with Gasteiger partial charge < -0.3 is 16.0 Å². The van der Waals surface area contributed by atoms with Gasteiger partial charge in [-0.25, -0.2) is 4.98 Å². The van der Waals surface area contributed by atoms with Crippen LogP contribution in [0.4, 0.5) is 0 Å². The summed E-state index contributed by atoms with van der Waals surface area (Å²) < 4.78 is 0. The molecule has 0 aliphatic carbocycles. The van der Waals surface area contributed by atoms with Gasteiger partial charge in [-0.15, -0.1) is 36.2 Å². The van der Waals surface area contributed by atoms with Gasteiger partial charge in [0.25, 0.3) is 5.91 Å². The number of halogens is 2. The third-order valence-corrected chi connectivity index (χ3v) is 3.66. The highest BCUT2D eigenvalue weighted by Crippen LogP contribution is 2.08. The van der Waals surface area contributed by atoms with Crippen LogP contribution in [-0.4, -0.2) is 42.0 Å². The average Bonchev–Trinajstić information content (AvgIpc) is 2.87. The molecule has 0 bridgehead atoms. The molecule has 0 atom stereocenters. The van der Waals surface area contributed by atoms with E-state index in [9.17, 15) is 4.79 Å². The average molecular weight is 343 g/mol. The lowest BCUT2D eigenvalue weighted by atomic mass is 10.3. The summed E-state index contributed by atoms with van der Waals surface area (Å²) in [5.74, 6) is -0.106. The van der Waals surface area contributed by atoms with Crippen LogP contribution in [0.15, 0.2) is 5.38 Å². The normalized spacial score (nSPS) is 9.80. The summed E-state index contributed by atoms with van der Waals surface area (Å²) in [6.45, 7) is 8.48. The maximum atomic E-state index is 11.7. The Labute approximate surface area is 137 Å². The first-order valence-electron chi connectivity index (χ1n) is 6.36. The predicted octanol–water partition coefficient (Wildman–Crippen LogP) is 1.91. The van der Waals surface area contributed by atoms with Crippen molar-refractivity contribution in [2.24, 2.45) is 5.73 Å². The van der Waals surface area contributed by atoms with E-state index in [1.807, 2.05) is 0 Å². The smallest absolute Gasteiger partial charge is 0.270 e. The number of amides is 1. The molecule has 0 fully saturated rings. The first-order valence-corrected chi connectivity index (χ1v) is 7.24. The molecule has 0 aromatic carbocycles. The minimum Gasteiger partial charge on any atom is -0.351 e. The monoisotopic (exact) mass is 342 g/mol. The van der Waals surface area contributed by atoms with Gasteiger partial charge in [0, 0.05) is 18.5 Å². The molecule has 0 saturated heterocycles. The zero-order valence-corrected chi connectivity index (χ0v) is 14.4. The molecule has 0 saturated carbocycles. The molecular weight excluding hydrogens is 319 g/mol. The second-order valence-corrected chi connectivity index (χ2v) is 4.91. The number of nitrogens with two attached hydrogens (primary N) is 1. The van der Waals surface area contributed by atoms with E-state index in [1.165, 1.54) is 11.3 Å². The number of thiazole rings is 1. The summed E-state index contributed by atoms with van der Waals surface area (Å²) in [4.78, 5) is 18.2. The number of hydrogen-bond acceptors (Lipinski definition) is 5. The van der Waals surface area contributed by atoms with Crippen LogP contribution in [0, 0.1) is 0 Å². The molecule has 8 heteroatoms. The van der Waals surface area contributed by atoms with Crippen molar-refractivity contribution in [2.75, 3.05) is 26.2 Å². The molecule has 1 amide bonds. The predicted molar refractivity (Wildman–Crippen MR) is 89.2 cm³/mol. The van der Waals surface area contributed by atoms with E-state index in [-0.39, 0.29) is 30.7 Å². The quantitative estimate of drug-likeness (QED) is 0.708. The molecule has 0 aliphatic rings. The van der Waals surface area contributed by atoms with Crippen molar-refractivity contribution in [1.82, 2.24) is 15.2 Å². The largest absolute Gasteiger partial charge is 0.351 e. The standard InChI is InChI=1S/C12H22N4OS.2ClH/c1-3-16(4-2)7-5-6-14-12(17)10-9-18-11(8-13)15-10;;/h9H,3-8,13H2,1-2H3,(H,14,17);2*1H. The number of carbonyl (C=O) groups is 1. The molecule has 20 heavy (non-hydrogen) atoms. The third-order valence-electron chi connectivity index (χ3n) is 2.79. The fourth-order valence-electron chi connectivity index (χ4n) is 1.64. The van der Waals surface area contributed by atoms with Crippen LogP contribution in [0.25, 0.3) is 0 Å². The van der Waals surface area contributed by atoms with Gasteiger partial charge in [-0.3, -0.25) is 4.79 Å². The Hall–Kier alpha value is -0.400. The van der Waals surface area contributed by atoms with Crippen molar-refractivity contribution in [3.05, 3.63) is 16.1 Å². The summed E-state index contributed by atoms with van der Waals surface area (Å²) >= 11 is 1.42. The van der Waals surface area contributed by atoms with E-state index in [1.54, 1.807) is 5.38 Å². The topological polar surface area (TPSA) is 71.2 Å². The van der Waals surface area contributed by atoms with E-state index < -0.39 is 0 Å². The number of nitrogens with zero attached hydrogens (tertiary/aromatic N) is 2. The van der Waals surface area contributed by atoms with Crippen molar-refractivity contribution < 1.29 is 4.79 Å². The SMILES string of the molecule is CCN(CC)CCCNC(=O)c1csc(CN)n1.Cl.Cl. The Bertz CT molecular complexity index is 372. The Morgan fingerprint density at radius 3 is 2.55 bits per heavy atom. The van der Waals surface area contributed by atoms with E-state index in [0.29, 0.717) is 18.8 Å². The highest BCUT2D eigenvalue weighted by atomic mass is 35.5. The number of carbonyl (C=O) groups excluding carboxylic acids is 1. The van der Waals surface area contributed by atoms with Crippen molar-refractivity contribution in [1.29, 1.82) is 0 Å². The molecule has 0 spiro atoms. The van der Waals surface area contributed by atoms with Crippen LogP contribution in [0.1, 0.15) is 35.8 Å². The van der Waals surface area contributed by atoms with E-state index in [0.717, 1.165) is 31.1 Å². The van der Waals surface area contributed by atoms with Gasteiger partial charge in [0.1, 0.15) is 10.7 Å². The number of nitrogens with one attached hydrogen (secondary N) is 1. The number of rotatable bonds is 8. The van der Waals surface area contributed by atoms with Crippen molar-refractivity contribution in [3.63, 3.8) is 0 Å². The molecule has 0 radical (unpaired) electrons. The molecule has 1 heterocycles. The molecule has 0 aliphatic heterocycles. The highest BCUT2D eigenvalue weighted by molar-refractivity contribution is 7.09. The Kier molecular flexibility index (Phi) is 13.5. The minimum absolute atomic E-state index is 0. The molecule has 1 rings (SSSR count). The fourth-order valence-corrected chi connectivity index (χ4v) is 2.30. The zero-order chi connectivity index (χ0) is 13.4. The van der Waals surface area contributed by atoms with Gasteiger partial charge in [0.15, 0.2) is 0 Å². The lowest BCUT2D eigenvalue weighted by Gasteiger charge is -2.17. The first kappa shape index (κ1) is 21.9. The van der Waals surface area contributed by atoms with Crippen LogP contribution in [0.3, 0.4) is 0 Å². The Morgan fingerprint density at radius 1 is 1.40 bits per heavy atom. The van der Waals surface area contributed by atoms with Gasteiger partial charge in [0.2, 0.25) is 0 Å². The molecule has 0 unspecified atom stereocenters. The van der Waals surface area contributed by atoms with Crippen molar-refractivity contribution in [3.8, 4) is 0 Å². The van der Waals surface area contributed by atoms with E-state index in [2.05, 4.69) is 29.0 Å². The molecular formula is C12H24Cl2N4OS. The third kappa shape index (κ3) is 7.40. The van der Waals surface area contributed by atoms with Gasteiger partial charge in [-0.05, 0) is 26.1 Å². The van der Waals surface area contributed by atoms with Crippen molar-refractivity contribution >= 4 is 42.1 Å². The number of hydrogen-bond donors (Lipinski definition) is 2. The lowest BCUT2D eigenvalue weighted by molar-refractivity contribution is 0.0947. The first-order chi connectivity index (χ1) is 8.71. The van der Waals surface area contributed by atoms with E-state index >= 15 is 0 Å². The van der Waals surface area contributed by atoms with Crippen LogP contribution in [0.5, 0.6) is 0 Å². The van der Waals surface area contributed by atoms with Crippen LogP contribution < -0.4 is 11.1 Å². The molecule has 1 aromatic heterocycles. The molecule has 118 valence electrons. The minimum atomic E-state index is -0.106. The highest BCUT2D eigenvalue weighted by Gasteiger charge is 2.09.